The Morgan fingerprint density at radius 2 is 1.89 bits per heavy atom. The molecule has 0 saturated carbocycles. The first-order valence-electron chi connectivity index (χ1n) is 8.81. The Morgan fingerprint density at radius 3 is 2.50 bits per heavy atom. The van der Waals surface area contributed by atoms with Crippen LogP contribution in [0.2, 0.25) is 0 Å². The summed E-state index contributed by atoms with van der Waals surface area (Å²) in [5.41, 5.74) is 0.951. The van der Waals surface area contributed by atoms with Gasteiger partial charge >= 0.3 is 5.97 Å². The van der Waals surface area contributed by atoms with Gasteiger partial charge in [-0.25, -0.2) is 8.42 Å². The predicted molar refractivity (Wildman–Crippen MR) is 107 cm³/mol. The summed E-state index contributed by atoms with van der Waals surface area (Å²) in [4.78, 5) is 24.5. The quantitative estimate of drug-likeness (QED) is 0.588. The number of hydrogen-bond donors (Lipinski definition) is 1. The molecular weight excluding hydrogens is 400 g/mol. The number of likely N-dealkylation sites (N-methyl/N-ethyl adjacent to an activating group) is 1. The lowest BCUT2D eigenvalue weighted by molar-refractivity contribution is -0.147. The van der Waals surface area contributed by atoms with Crippen molar-refractivity contribution in [2.45, 2.75) is 17.6 Å². The molecule has 0 aliphatic carbocycles. The van der Waals surface area contributed by atoms with Crippen LogP contribution in [0.5, 0.6) is 0 Å². The van der Waals surface area contributed by atoms with Gasteiger partial charge in [0.1, 0.15) is 4.21 Å². The van der Waals surface area contributed by atoms with Gasteiger partial charge in [-0.1, -0.05) is 36.4 Å². The lowest BCUT2D eigenvalue weighted by Crippen LogP contribution is -2.41. The van der Waals surface area contributed by atoms with Gasteiger partial charge in [-0.15, -0.1) is 11.3 Å². The molecule has 9 heteroatoms. The Kier molecular flexibility index (Phi) is 8.16. The highest BCUT2D eigenvalue weighted by atomic mass is 32.2. The number of hydrogen-bond acceptors (Lipinski definition) is 6. The minimum absolute atomic E-state index is 0.0689. The molecule has 0 bridgehead atoms. The van der Waals surface area contributed by atoms with E-state index in [1.807, 2.05) is 30.3 Å². The Labute approximate surface area is 169 Å². The summed E-state index contributed by atoms with van der Waals surface area (Å²) in [5.74, 6) is -1.43. The Hall–Kier alpha value is -2.23. The molecule has 7 nitrogen and oxygen atoms in total. The molecule has 1 N–H and O–H groups in total. The summed E-state index contributed by atoms with van der Waals surface area (Å²) in [6.45, 7) is 1.71. The van der Waals surface area contributed by atoms with Crippen molar-refractivity contribution in [3.05, 3.63) is 53.4 Å². The zero-order valence-electron chi connectivity index (χ0n) is 15.8. The molecule has 0 saturated heterocycles. The average Bonchev–Trinajstić information content (AvgIpc) is 3.21. The van der Waals surface area contributed by atoms with Crippen LogP contribution >= 0.6 is 11.3 Å². The Balaban J connectivity index is 1.95. The second-order valence-corrected chi connectivity index (χ2v) is 9.36. The molecule has 0 radical (unpaired) electrons. The summed E-state index contributed by atoms with van der Waals surface area (Å²) in [5, 5.41) is 4.31. The van der Waals surface area contributed by atoms with Crippen molar-refractivity contribution in [3.63, 3.8) is 0 Å². The maximum Gasteiger partial charge on any atom is 0.311 e. The van der Waals surface area contributed by atoms with Crippen molar-refractivity contribution in [3.8, 4) is 0 Å². The number of rotatable bonds is 10. The summed E-state index contributed by atoms with van der Waals surface area (Å²) in [6.07, 6.45) is 0.420. The van der Waals surface area contributed by atoms with Crippen molar-refractivity contribution in [1.29, 1.82) is 0 Å². The highest BCUT2D eigenvalue weighted by Crippen LogP contribution is 2.19. The van der Waals surface area contributed by atoms with Crippen molar-refractivity contribution in [2.75, 3.05) is 26.7 Å². The molecule has 2 rings (SSSR count). The molecule has 1 amide bonds. The van der Waals surface area contributed by atoms with Crippen molar-refractivity contribution in [1.82, 2.24) is 9.62 Å². The third-order valence-electron chi connectivity index (χ3n) is 4.02. The maximum absolute atomic E-state index is 12.4. The number of benzene rings is 1. The van der Waals surface area contributed by atoms with E-state index in [2.05, 4.69) is 5.32 Å². The summed E-state index contributed by atoms with van der Waals surface area (Å²) < 4.78 is 31.0. The minimum Gasteiger partial charge on any atom is -0.466 e. The SMILES string of the molecule is CCOC(=O)C(CNC(=O)CN(C)S(=O)(=O)c1cccs1)Cc1ccccc1. The fraction of sp³-hybridized carbons (Fsp3) is 0.368. The Bertz CT molecular complexity index is 867. The van der Waals surface area contributed by atoms with Gasteiger partial charge in [0.05, 0.1) is 19.1 Å². The van der Waals surface area contributed by atoms with Crippen LogP contribution in [-0.2, 0) is 30.8 Å². The fourth-order valence-corrected chi connectivity index (χ4v) is 4.87. The van der Waals surface area contributed by atoms with Gasteiger partial charge in [0.25, 0.3) is 10.0 Å². The number of nitrogens with one attached hydrogen (secondary N) is 1. The van der Waals surface area contributed by atoms with Gasteiger partial charge in [0.2, 0.25) is 5.91 Å². The molecular formula is C19H24N2O5S2. The first kappa shape index (κ1) is 22.1. The van der Waals surface area contributed by atoms with Crippen LogP contribution in [-0.4, -0.2) is 51.3 Å². The third-order valence-corrected chi connectivity index (χ3v) is 7.19. The predicted octanol–water partition coefficient (Wildman–Crippen LogP) is 1.91. The van der Waals surface area contributed by atoms with E-state index in [9.17, 15) is 18.0 Å². The highest BCUT2D eigenvalue weighted by molar-refractivity contribution is 7.91. The molecule has 0 aliphatic rings. The second kappa shape index (κ2) is 10.4. The number of amides is 1. The lowest BCUT2D eigenvalue weighted by atomic mass is 9.99. The topological polar surface area (TPSA) is 92.8 Å². The third kappa shape index (κ3) is 6.15. The molecule has 1 aromatic carbocycles. The molecule has 0 fully saturated rings. The van der Waals surface area contributed by atoms with E-state index < -0.39 is 27.8 Å². The number of carbonyl (C=O) groups is 2. The van der Waals surface area contributed by atoms with Crippen molar-refractivity contribution < 1.29 is 22.7 Å². The van der Waals surface area contributed by atoms with E-state index in [0.717, 1.165) is 21.2 Å². The van der Waals surface area contributed by atoms with E-state index in [0.29, 0.717) is 6.42 Å². The first-order chi connectivity index (χ1) is 13.3. The van der Waals surface area contributed by atoms with E-state index in [-0.39, 0.29) is 23.9 Å². The van der Waals surface area contributed by atoms with Gasteiger partial charge in [-0.2, -0.15) is 4.31 Å². The van der Waals surface area contributed by atoms with E-state index >= 15 is 0 Å². The van der Waals surface area contributed by atoms with Gasteiger partial charge in [-0.05, 0) is 30.4 Å². The van der Waals surface area contributed by atoms with Gasteiger partial charge in [0.15, 0.2) is 0 Å². The number of nitrogens with zero attached hydrogens (tertiary/aromatic N) is 1. The first-order valence-corrected chi connectivity index (χ1v) is 11.1. The van der Waals surface area contributed by atoms with Gasteiger partial charge in [0, 0.05) is 13.6 Å². The highest BCUT2D eigenvalue weighted by Gasteiger charge is 2.25. The van der Waals surface area contributed by atoms with E-state index in [4.69, 9.17) is 4.74 Å². The lowest BCUT2D eigenvalue weighted by Gasteiger charge is -2.19. The molecule has 152 valence electrons. The van der Waals surface area contributed by atoms with Crippen LogP contribution in [0.15, 0.2) is 52.1 Å². The van der Waals surface area contributed by atoms with Crippen molar-refractivity contribution >= 4 is 33.2 Å². The minimum atomic E-state index is -3.70. The fourth-order valence-electron chi connectivity index (χ4n) is 2.54. The summed E-state index contributed by atoms with van der Waals surface area (Å²) in [6, 6.07) is 12.6. The average molecular weight is 425 g/mol. The van der Waals surface area contributed by atoms with E-state index in [1.165, 1.54) is 13.1 Å². The molecule has 1 atom stereocenters. The largest absolute Gasteiger partial charge is 0.466 e. The van der Waals surface area contributed by atoms with E-state index in [1.54, 1.807) is 18.4 Å². The number of carbonyl (C=O) groups excluding carboxylic acids is 2. The maximum atomic E-state index is 12.4. The van der Waals surface area contributed by atoms with Crippen LogP contribution < -0.4 is 5.32 Å². The van der Waals surface area contributed by atoms with Gasteiger partial charge < -0.3 is 10.1 Å². The molecule has 1 heterocycles. The molecule has 1 unspecified atom stereocenters. The van der Waals surface area contributed by atoms with Crippen LogP contribution in [0.3, 0.4) is 0 Å². The normalized spacial score (nSPS) is 12.5. The molecule has 1 aromatic heterocycles. The van der Waals surface area contributed by atoms with Crippen LogP contribution in [0, 0.1) is 5.92 Å². The number of esters is 1. The van der Waals surface area contributed by atoms with Gasteiger partial charge in [-0.3, -0.25) is 9.59 Å². The standard InChI is InChI=1S/C19H24N2O5S2/c1-3-26-19(23)16(12-15-8-5-4-6-9-15)13-20-17(22)14-21(2)28(24,25)18-10-7-11-27-18/h4-11,16H,3,12-14H2,1-2H3,(H,20,22). The molecule has 0 spiro atoms. The number of ether oxygens (including phenoxy) is 1. The zero-order valence-corrected chi connectivity index (χ0v) is 17.5. The van der Waals surface area contributed by atoms with Crippen molar-refractivity contribution in [2.24, 2.45) is 5.92 Å². The second-order valence-electron chi connectivity index (χ2n) is 6.14. The summed E-state index contributed by atoms with van der Waals surface area (Å²) >= 11 is 1.09. The zero-order chi connectivity index (χ0) is 20.6. The smallest absolute Gasteiger partial charge is 0.311 e. The van der Waals surface area contributed by atoms with Crippen LogP contribution in [0.4, 0.5) is 0 Å². The molecule has 2 aromatic rings. The number of thiophene rings is 1. The van der Waals surface area contributed by atoms with Crippen LogP contribution in [0.25, 0.3) is 0 Å². The number of sulfonamides is 1. The molecule has 0 aliphatic heterocycles. The van der Waals surface area contributed by atoms with Crippen LogP contribution in [0.1, 0.15) is 12.5 Å². The Morgan fingerprint density at radius 1 is 1.18 bits per heavy atom. The monoisotopic (exact) mass is 424 g/mol. The summed E-state index contributed by atoms with van der Waals surface area (Å²) in [7, 11) is -2.35. The molecule has 28 heavy (non-hydrogen) atoms.